The summed E-state index contributed by atoms with van der Waals surface area (Å²) in [5, 5.41) is 12.0. The number of rotatable bonds is 4. The summed E-state index contributed by atoms with van der Waals surface area (Å²) in [4.78, 5) is 0.269. The Bertz CT molecular complexity index is 1020. The van der Waals surface area contributed by atoms with Gasteiger partial charge < -0.3 is 10.1 Å². The Balaban J connectivity index is 1.56. The predicted molar refractivity (Wildman–Crippen MR) is 98.3 cm³/mol. The van der Waals surface area contributed by atoms with Gasteiger partial charge in [-0.1, -0.05) is 5.21 Å². The summed E-state index contributed by atoms with van der Waals surface area (Å²) >= 11 is 0. The first-order chi connectivity index (χ1) is 12.5. The number of nitrogens with zero attached hydrogens (tertiary/aromatic N) is 3. The lowest BCUT2D eigenvalue weighted by molar-refractivity contribution is 0.345. The Morgan fingerprint density at radius 1 is 1.08 bits per heavy atom. The SMILES string of the molecule is CS(=O)(=O)c1ccc(Oc2ccc3c(c2)nnn3C2CCNCC2)cc1. The standard InChI is InChI=1S/C18H20N4O3S/c1-26(23,24)16-5-2-14(3-6-16)25-15-4-7-18-17(12-15)20-21-22(18)13-8-10-19-11-9-13/h2-7,12-13,19H,8-11H2,1H3. The van der Waals surface area contributed by atoms with Crippen molar-refractivity contribution in [3.8, 4) is 11.5 Å². The summed E-state index contributed by atoms with van der Waals surface area (Å²) in [5.41, 5.74) is 1.78. The summed E-state index contributed by atoms with van der Waals surface area (Å²) in [6, 6.07) is 12.4. The molecular formula is C18H20N4O3S. The van der Waals surface area contributed by atoms with Gasteiger partial charge in [0.2, 0.25) is 0 Å². The molecule has 136 valence electrons. The molecular weight excluding hydrogens is 352 g/mol. The van der Waals surface area contributed by atoms with Crippen LogP contribution in [0.4, 0.5) is 0 Å². The van der Waals surface area contributed by atoms with Crippen LogP contribution in [0.3, 0.4) is 0 Å². The Kier molecular flexibility index (Phi) is 4.37. The van der Waals surface area contributed by atoms with Crippen molar-refractivity contribution in [1.82, 2.24) is 20.3 Å². The Hall–Kier alpha value is -2.45. The molecule has 0 saturated carbocycles. The van der Waals surface area contributed by atoms with E-state index >= 15 is 0 Å². The molecule has 0 unspecified atom stereocenters. The van der Waals surface area contributed by atoms with Gasteiger partial charge in [0.25, 0.3) is 0 Å². The largest absolute Gasteiger partial charge is 0.457 e. The maximum atomic E-state index is 11.5. The van der Waals surface area contributed by atoms with E-state index in [1.165, 1.54) is 18.4 Å². The number of hydrogen-bond donors (Lipinski definition) is 1. The van der Waals surface area contributed by atoms with Gasteiger partial charge in [0.05, 0.1) is 16.5 Å². The Labute approximate surface area is 151 Å². The van der Waals surface area contributed by atoms with Crippen molar-refractivity contribution in [1.29, 1.82) is 0 Å². The number of benzene rings is 2. The number of nitrogens with one attached hydrogen (secondary N) is 1. The topological polar surface area (TPSA) is 86.1 Å². The zero-order chi connectivity index (χ0) is 18.1. The van der Waals surface area contributed by atoms with Gasteiger partial charge in [0, 0.05) is 12.3 Å². The van der Waals surface area contributed by atoms with E-state index in [4.69, 9.17) is 4.74 Å². The van der Waals surface area contributed by atoms with E-state index < -0.39 is 9.84 Å². The minimum atomic E-state index is -3.21. The zero-order valence-electron chi connectivity index (χ0n) is 14.4. The number of ether oxygens (including phenoxy) is 1. The van der Waals surface area contributed by atoms with Crippen LogP contribution in [-0.2, 0) is 9.84 Å². The molecule has 1 fully saturated rings. The molecule has 4 rings (SSSR count). The number of hydrogen-bond acceptors (Lipinski definition) is 6. The van der Waals surface area contributed by atoms with Crippen LogP contribution in [0.1, 0.15) is 18.9 Å². The van der Waals surface area contributed by atoms with Crippen molar-refractivity contribution >= 4 is 20.9 Å². The van der Waals surface area contributed by atoms with E-state index in [0.717, 1.165) is 37.0 Å². The normalized spacial score (nSPS) is 16.0. The molecule has 2 heterocycles. The van der Waals surface area contributed by atoms with Crippen molar-refractivity contribution in [3.05, 3.63) is 42.5 Å². The fourth-order valence-electron chi connectivity index (χ4n) is 3.20. The van der Waals surface area contributed by atoms with Gasteiger partial charge in [-0.15, -0.1) is 5.10 Å². The second kappa shape index (κ2) is 6.69. The van der Waals surface area contributed by atoms with Gasteiger partial charge in [0.1, 0.15) is 17.0 Å². The molecule has 0 radical (unpaired) electrons. The van der Waals surface area contributed by atoms with Crippen LogP contribution in [0.15, 0.2) is 47.4 Å². The maximum absolute atomic E-state index is 11.5. The molecule has 7 nitrogen and oxygen atoms in total. The predicted octanol–water partition coefficient (Wildman–Crippen LogP) is 2.55. The first kappa shape index (κ1) is 17.0. The minimum absolute atomic E-state index is 0.269. The molecule has 1 saturated heterocycles. The van der Waals surface area contributed by atoms with Crippen molar-refractivity contribution in [3.63, 3.8) is 0 Å². The average Bonchev–Trinajstić information content (AvgIpc) is 3.05. The maximum Gasteiger partial charge on any atom is 0.175 e. The molecule has 1 N–H and O–H groups in total. The van der Waals surface area contributed by atoms with Crippen LogP contribution < -0.4 is 10.1 Å². The average molecular weight is 372 g/mol. The molecule has 1 aliphatic heterocycles. The third kappa shape index (κ3) is 3.42. The number of sulfone groups is 1. The van der Waals surface area contributed by atoms with Crippen LogP contribution in [-0.4, -0.2) is 42.8 Å². The first-order valence-electron chi connectivity index (χ1n) is 8.54. The highest BCUT2D eigenvalue weighted by atomic mass is 32.2. The minimum Gasteiger partial charge on any atom is -0.457 e. The van der Waals surface area contributed by atoms with Crippen molar-refractivity contribution in [2.24, 2.45) is 0 Å². The van der Waals surface area contributed by atoms with E-state index in [1.807, 2.05) is 22.9 Å². The lowest BCUT2D eigenvalue weighted by atomic mass is 10.1. The molecule has 0 amide bonds. The van der Waals surface area contributed by atoms with E-state index in [-0.39, 0.29) is 4.90 Å². The van der Waals surface area contributed by atoms with E-state index in [0.29, 0.717) is 17.5 Å². The molecule has 8 heteroatoms. The van der Waals surface area contributed by atoms with Crippen LogP contribution in [0.5, 0.6) is 11.5 Å². The number of aromatic nitrogens is 3. The highest BCUT2D eigenvalue weighted by molar-refractivity contribution is 7.90. The molecule has 26 heavy (non-hydrogen) atoms. The van der Waals surface area contributed by atoms with E-state index in [2.05, 4.69) is 15.6 Å². The number of fused-ring (bicyclic) bond motifs is 1. The second-order valence-electron chi connectivity index (χ2n) is 6.51. The van der Waals surface area contributed by atoms with Gasteiger partial charge >= 0.3 is 0 Å². The van der Waals surface area contributed by atoms with Gasteiger partial charge in [-0.3, -0.25) is 0 Å². The van der Waals surface area contributed by atoms with Crippen LogP contribution in [0.25, 0.3) is 11.0 Å². The van der Waals surface area contributed by atoms with Gasteiger partial charge in [-0.05, 0) is 62.3 Å². The Morgan fingerprint density at radius 3 is 2.46 bits per heavy atom. The lowest BCUT2D eigenvalue weighted by Gasteiger charge is -2.22. The molecule has 1 aliphatic rings. The molecule has 0 aliphatic carbocycles. The van der Waals surface area contributed by atoms with E-state index in [9.17, 15) is 8.42 Å². The number of piperidine rings is 1. The third-order valence-corrected chi connectivity index (χ3v) is 5.71. The molecule has 0 spiro atoms. The molecule has 0 atom stereocenters. The Morgan fingerprint density at radius 2 is 1.77 bits per heavy atom. The monoisotopic (exact) mass is 372 g/mol. The molecule has 0 bridgehead atoms. The molecule has 1 aromatic heterocycles. The molecule has 2 aromatic carbocycles. The summed E-state index contributed by atoms with van der Waals surface area (Å²) in [5.74, 6) is 1.21. The summed E-state index contributed by atoms with van der Waals surface area (Å²) in [6.45, 7) is 1.99. The smallest absolute Gasteiger partial charge is 0.175 e. The highest BCUT2D eigenvalue weighted by Crippen LogP contribution is 2.28. The molecule has 3 aromatic rings. The van der Waals surface area contributed by atoms with Gasteiger partial charge in [-0.25, -0.2) is 13.1 Å². The second-order valence-corrected chi connectivity index (χ2v) is 8.53. The first-order valence-corrected chi connectivity index (χ1v) is 10.4. The van der Waals surface area contributed by atoms with Gasteiger partial charge in [-0.2, -0.15) is 0 Å². The fourth-order valence-corrected chi connectivity index (χ4v) is 3.83. The summed E-state index contributed by atoms with van der Waals surface area (Å²) in [6.07, 6.45) is 3.27. The van der Waals surface area contributed by atoms with Crippen molar-refractivity contribution < 1.29 is 13.2 Å². The van der Waals surface area contributed by atoms with Crippen LogP contribution in [0.2, 0.25) is 0 Å². The van der Waals surface area contributed by atoms with Crippen LogP contribution >= 0.6 is 0 Å². The fraction of sp³-hybridized carbons (Fsp3) is 0.333. The summed E-state index contributed by atoms with van der Waals surface area (Å²) in [7, 11) is -3.21. The van der Waals surface area contributed by atoms with Crippen molar-refractivity contribution in [2.45, 2.75) is 23.8 Å². The van der Waals surface area contributed by atoms with Crippen molar-refractivity contribution in [2.75, 3.05) is 19.3 Å². The lowest BCUT2D eigenvalue weighted by Crippen LogP contribution is -2.29. The quantitative estimate of drug-likeness (QED) is 0.757. The van der Waals surface area contributed by atoms with E-state index in [1.54, 1.807) is 12.1 Å². The zero-order valence-corrected chi connectivity index (χ0v) is 15.2. The van der Waals surface area contributed by atoms with Crippen LogP contribution in [0, 0.1) is 0 Å². The summed E-state index contributed by atoms with van der Waals surface area (Å²) < 4.78 is 30.9. The van der Waals surface area contributed by atoms with Gasteiger partial charge in [0.15, 0.2) is 9.84 Å². The highest BCUT2D eigenvalue weighted by Gasteiger charge is 2.18. The third-order valence-electron chi connectivity index (χ3n) is 4.58.